The van der Waals surface area contributed by atoms with Crippen LogP contribution in [0.4, 0.5) is 0 Å². The fourth-order valence-corrected chi connectivity index (χ4v) is 5.02. The molecule has 30 heavy (non-hydrogen) atoms. The van der Waals surface area contributed by atoms with E-state index < -0.39 is 0 Å². The third-order valence-electron chi connectivity index (χ3n) is 6.05. The van der Waals surface area contributed by atoms with Crippen LogP contribution in [-0.4, -0.2) is 56.4 Å². The number of carbonyl (C=O) groups is 2. The van der Waals surface area contributed by atoms with Gasteiger partial charge in [0.25, 0.3) is 5.91 Å². The van der Waals surface area contributed by atoms with Crippen LogP contribution >= 0.6 is 27.5 Å². The predicted octanol–water partition coefficient (Wildman–Crippen LogP) is 3.51. The number of hydrogen-bond acceptors (Lipinski definition) is 4. The van der Waals surface area contributed by atoms with Crippen molar-refractivity contribution >= 4 is 45.0 Å². The average molecular weight is 498 g/mol. The number of hydrogen-bond donors (Lipinski definition) is 2. The molecule has 2 amide bonds. The molecule has 7 nitrogen and oxygen atoms in total. The van der Waals surface area contributed by atoms with Crippen molar-refractivity contribution in [1.29, 1.82) is 0 Å². The molecule has 2 aliphatic rings. The quantitative estimate of drug-likeness (QED) is 0.639. The highest BCUT2D eigenvalue weighted by atomic mass is 79.9. The molecule has 2 heterocycles. The van der Waals surface area contributed by atoms with Gasteiger partial charge in [0.2, 0.25) is 5.91 Å². The van der Waals surface area contributed by atoms with Gasteiger partial charge in [0.05, 0.1) is 10.6 Å². The van der Waals surface area contributed by atoms with Crippen LogP contribution in [0.15, 0.2) is 16.7 Å². The number of nitrogens with one attached hydrogen (secondary N) is 1. The minimum Gasteiger partial charge on any atom is -0.393 e. The van der Waals surface area contributed by atoms with Crippen molar-refractivity contribution in [2.45, 2.75) is 63.5 Å². The van der Waals surface area contributed by atoms with Crippen LogP contribution in [0.25, 0.3) is 5.65 Å². The summed E-state index contributed by atoms with van der Waals surface area (Å²) in [4.78, 5) is 31.0. The first kappa shape index (κ1) is 21.6. The van der Waals surface area contributed by atoms with Crippen molar-refractivity contribution in [3.8, 4) is 0 Å². The van der Waals surface area contributed by atoms with Gasteiger partial charge in [-0.25, -0.2) is 4.98 Å². The van der Waals surface area contributed by atoms with Crippen LogP contribution in [0, 0.1) is 0 Å². The topological polar surface area (TPSA) is 86.9 Å². The Kier molecular flexibility index (Phi) is 6.36. The summed E-state index contributed by atoms with van der Waals surface area (Å²) in [6, 6.07) is 2.16. The molecule has 0 aromatic carbocycles. The maximum absolute atomic E-state index is 12.7. The number of aliphatic hydroxyl groups is 1. The molecule has 2 N–H and O–H groups in total. The lowest BCUT2D eigenvalue weighted by atomic mass is 9.92. The van der Waals surface area contributed by atoms with E-state index in [1.807, 2.05) is 12.3 Å². The number of nitrogens with zero attached hydrogens (tertiary/aromatic N) is 3. The van der Waals surface area contributed by atoms with Gasteiger partial charge in [-0.05, 0) is 72.0 Å². The fraction of sp³-hybridized carbons (Fsp3) is 0.571. The van der Waals surface area contributed by atoms with Gasteiger partial charge in [-0.1, -0.05) is 11.6 Å². The largest absolute Gasteiger partial charge is 0.393 e. The molecule has 0 spiro atoms. The van der Waals surface area contributed by atoms with Gasteiger partial charge in [-0.2, -0.15) is 0 Å². The van der Waals surface area contributed by atoms with Gasteiger partial charge in [0, 0.05) is 32.3 Å². The van der Waals surface area contributed by atoms with Crippen molar-refractivity contribution in [3.05, 3.63) is 33.1 Å². The highest BCUT2D eigenvalue weighted by Crippen LogP contribution is 2.41. The summed E-state index contributed by atoms with van der Waals surface area (Å²) >= 11 is 10.0. The first-order chi connectivity index (χ1) is 14.3. The van der Waals surface area contributed by atoms with Crippen molar-refractivity contribution in [1.82, 2.24) is 19.6 Å². The Morgan fingerprint density at radius 3 is 2.63 bits per heavy atom. The zero-order valence-electron chi connectivity index (χ0n) is 16.9. The SMILES string of the molecule is CC(=O)N(CCNC(=O)c1nc2c(Br)cc(C3CC3)cn2c1Cl)C1CCC(O)CC1. The molecule has 0 saturated heterocycles. The molecule has 0 unspecified atom stereocenters. The summed E-state index contributed by atoms with van der Waals surface area (Å²) in [5.41, 5.74) is 1.98. The van der Waals surface area contributed by atoms with E-state index in [1.54, 1.807) is 16.2 Å². The summed E-state index contributed by atoms with van der Waals surface area (Å²) in [7, 11) is 0. The van der Waals surface area contributed by atoms with Crippen LogP contribution in [-0.2, 0) is 4.79 Å². The number of aromatic nitrogens is 2. The molecule has 2 aromatic rings. The monoisotopic (exact) mass is 496 g/mol. The van der Waals surface area contributed by atoms with Crippen molar-refractivity contribution in [2.24, 2.45) is 0 Å². The number of fused-ring (bicyclic) bond motifs is 1. The van der Waals surface area contributed by atoms with Crippen LogP contribution in [0.1, 0.15) is 67.4 Å². The lowest BCUT2D eigenvalue weighted by molar-refractivity contribution is -0.132. The molecule has 162 valence electrons. The third kappa shape index (κ3) is 4.50. The Morgan fingerprint density at radius 1 is 1.30 bits per heavy atom. The van der Waals surface area contributed by atoms with Gasteiger partial charge >= 0.3 is 0 Å². The standard InChI is InChI=1S/C21H26BrClN4O3/c1-12(28)26(15-4-6-16(29)7-5-15)9-8-24-21(30)18-19(23)27-11-14(13-2-3-13)10-17(22)20(27)25-18/h10-11,13,15-16,29H,2-9H2,1H3,(H,24,30). The van der Waals surface area contributed by atoms with E-state index in [2.05, 4.69) is 26.2 Å². The lowest BCUT2D eigenvalue weighted by Crippen LogP contribution is -2.45. The summed E-state index contributed by atoms with van der Waals surface area (Å²) in [6.45, 7) is 2.28. The molecule has 0 radical (unpaired) electrons. The summed E-state index contributed by atoms with van der Waals surface area (Å²) in [6.07, 6.45) is 7.00. The van der Waals surface area contributed by atoms with Crippen LogP contribution in [0.3, 0.4) is 0 Å². The number of amides is 2. The highest BCUT2D eigenvalue weighted by molar-refractivity contribution is 9.10. The summed E-state index contributed by atoms with van der Waals surface area (Å²) in [5, 5.41) is 12.8. The molecular weight excluding hydrogens is 472 g/mol. The smallest absolute Gasteiger partial charge is 0.273 e. The second-order valence-electron chi connectivity index (χ2n) is 8.27. The van der Waals surface area contributed by atoms with Crippen LogP contribution in [0.5, 0.6) is 0 Å². The lowest BCUT2D eigenvalue weighted by Gasteiger charge is -2.35. The Balaban J connectivity index is 1.42. The summed E-state index contributed by atoms with van der Waals surface area (Å²) < 4.78 is 2.57. The third-order valence-corrected chi connectivity index (χ3v) is 7.00. The Labute approximate surface area is 188 Å². The first-order valence-corrected chi connectivity index (χ1v) is 11.6. The van der Waals surface area contributed by atoms with Gasteiger partial charge in [-0.15, -0.1) is 0 Å². The van der Waals surface area contributed by atoms with Crippen LogP contribution in [0.2, 0.25) is 5.15 Å². The second-order valence-corrected chi connectivity index (χ2v) is 9.48. The van der Waals surface area contributed by atoms with Crippen molar-refractivity contribution in [3.63, 3.8) is 0 Å². The van der Waals surface area contributed by atoms with Gasteiger partial charge in [-0.3, -0.25) is 14.0 Å². The molecule has 2 saturated carbocycles. The predicted molar refractivity (Wildman–Crippen MR) is 118 cm³/mol. The minimum absolute atomic E-state index is 0.0204. The molecule has 2 aliphatic carbocycles. The van der Waals surface area contributed by atoms with E-state index in [0.29, 0.717) is 37.5 Å². The van der Waals surface area contributed by atoms with Gasteiger partial charge < -0.3 is 15.3 Å². The number of pyridine rings is 1. The number of imidazole rings is 1. The molecule has 0 bridgehead atoms. The number of carbonyl (C=O) groups excluding carboxylic acids is 2. The zero-order chi connectivity index (χ0) is 21.4. The molecule has 2 fully saturated rings. The number of rotatable bonds is 6. The fourth-order valence-electron chi connectivity index (χ4n) is 4.22. The number of aliphatic hydroxyl groups excluding tert-OH is 1. The molecular formula is C21H26BrClN4O3. The molecule has 4 rings (SSSR count). The van der Waals surface area contributed by atoms with Gasteiger partial charge in [0.1, 0.15) is 5.15 Å². The highest BCUT2D eigenvalue weighted by Gasteiger charge is 2.28. The molecule has 0 atom stereocenters. The zero-order valence-corrected chi connectivity index (χ0v) is 19.2. The Morgan fingerprint density at radius 2 is 2.00 bits per heavy atom. The normalized spacial score (nSPS) is 21.6. The van der Waals surface area contributed by atoms with Crippen LogP contribution < -0.4 is 5.32 Å². The molecule has 2 aromatic heterocycles. The van der Waals surface area contributed by atoms with E-state index in [1.165, 1.54) is 18.4 Å². The molecule has 9 heteroatoms. The maximum Gasteiger partial charge on any atom is 0.273 e. The summed E-state index contributed by atoms with van der Waals surface area (Å²) in [5.74, 6) is 0.180. The maximum atomic E-state index is 12.7. The second kappa shape index (κ2) is 8.85. The molecule has 0 aliphatic heterocycles. The van der Waals surface area contributed by atoms with E-state index in [0.717, 1.165) is 17.3 Å². The first-order valence-electron chi connectivity index (χ1n) is 10.5. The Hall–Kier alpha value is -1.64. The van der Waals surface area contributed by atoms with Crippen molar-refractivity contribution in [2.75, 3.05) is 13.1 Å². The van der Waals surface area contributed by atoms with E-state index >= 15 is 0 Å². The van der Waals surface area contributed by atoms with Gasteiger partial charge in [0.15, 0.2) is 11.3 Å². The van der Waals surface area contributed by atoms with E-state index in [-0.39, 0.29) is 34.8 Å². The average Bonchev–Trinajstić information content (AvgIpc) is 3.50. The van der Waals surface area contributed by atoms with Crippen molar-refractivity contribution < 1.29 is 14.7 Å². The minimum atomic E-state index is -0.355. The van der Waals surface area contributed by atoms with E-state index in [4.69, 9.17) is 11.6 Å². The van der Waals surface area contributed by atoms with E-state index in [9.17, 15) is 14.7 Å². The number of halogens is 2. The Bertz CT molecular complexity index is 967.